The average Bonchev–Trinajstić information content (AvgIpc) is 2.60. The number of ketones is 1. The molecular formula is C18H18BrNO5. The van der Waals surface area contributed by atoms with Crippen LogP contribution in [0.25, 0.3) is 11.0 Å². The van der Waals surface area contributed by atoms with Gasteiger partial charge >= 0.3 is 5.69 Å². The van der Waals surface area contributed by atoms with Gasteiger partial charge in [0.05, 0.1) is 10.3 Å². The van der Waals surface area contributed by atoms with Gasteiger partial charge in [-0.15, -0.1) is 0 Å². The standard InChI is InChI=1S/C18H18BrNO5/c19-12-8-13-16(22)10-17(25-18(13)14(9-12)20(23)24)15(21)7-6-11-4-2-1-3-5-11/h8-11H,1-7H2. The Morgan fingerprint density at radius 3 is 2.64 bits per heavy atom. The van der Waals surface area contributed by atoms with Crippen LogP contribution in [-0.4, -0.2) is 10.7 Å². The molecule has 25 heavy (non-hydrogen) atoms. The predicted octanol–water partition coefficient (Wildman–Crippen LogP) is 5.01. The van der Waals surface area contributed by atoms with Crippen molar-refractivity contribution in [2.24, 2.45) is 5.92 Å². The van der Waals surface area contributed by atoms with E-state index in [1.165, 1.54) is 31.4 Å². The zero-order chi connectivity index (χ0) is 18.0. The van der Waals surface area contributed by atoms with Gasteiger partial charge in [0.15, 0.2) is 17.0 Å². The molecule has 1 fully saturated rings. The normalized spacial score (nSPS) is 15.4. The van der Waals surface area contributed by atoms with Crippen LogP contribution in [0, 0.1) is 16.0 Å². The first-order valence-electron chi connectivity index (χ1n) is 8.40. The number of rotatable bonds is 5. The van der Waals surface area contributed by atoms with E-state index in [4.69, 9.17) is 4.42 Å². The van der Waals surface area contributed by atoms with Crippen molar-refractivity contribution in [1.29, 1.82) is 0 Å². The Morgan fingerprint density at radius 2 is 1.96 bits per heavy atom. The minimum Gasteiger partial charge on any atom is -0.445 e. The number of halogens is 1. The first kappa shape index (κ1) is 17.8. The van der Waals surface area contributed by atoms with E-state index in [0.717, 1.165) is 25.3 Å². The zero-order valence-electron chi connectivity index (χ0n) is 13.6. The number of non-ortho nitro benzene ring substituents is 1. The minimum atomic E-state index is -0.619. The summed E-state index contributed by atoms with van der Waals surface area (Å²) in [6.07, 6.45) is 6.98. The number of nitro groups is 1. The second-order valence-corrected chi connectivity index (χ2v) is 7.42. The van der Waals surface area contributed by atoms with Crippen molar-refractivity contribution in [1.82, 2.24) is 0 Å². The number of nitrogens with zero attached hydrogens (tertiary/aromatic N) is 1. The number of fused-ring (bicyclic) bond motifs is 1. The lowest BCUT2D eigenvalue weighted by Crippen LogP contribution is -2.11. The maximum Gasteiger partial charge on any atom is 0.313 e. The molecule has 0 N–H and O–H groups in total. The molecule has 0 amide bonds. The molecule has 0 spiro atoms. The van der Waals surface area contributed by atoms with E-state index >= 15 is 0 Å². The molecule has 0 bridgehead atoms. The van der Waals surface area contributed by atoms with Crippen LogP contribution in [0.15, 0.2) is 31.9 Å². The SMILES string of the molecule is O=C(CCC1CCCCC1)c1cc(=O)c2cc(Br)cc([N+](=O)[O-])c2o1. The highest BCUT2D eigenvalue weighted by atomic mass is 79.9. The molecule has 2 aromatic rings. The van der Waals surface area contributed by atoms with E-state index < -0.39 is 10.4 Å². The molecular weight excluding hydrogens is 390 g/mol. The summed E-state index contributed by atoms with van der Waals surface area (Å²) in [6.45, 7) is 0. The van der Waals surface area contributed by atoms with Crippen molar-refractivity contribution in [3.63, 3.8) is 0 Å². The van der Waals surface area contributed by atoms with Crippen molar-refractivity contribution in [3.05, 3.63) is 48.8 Å². The first-order valence-corrected chi connectivity index (χ1v) is 9.20. The second-order valence-electron chi connectivity index (χ2n) is 6.50. The molecule has 1 saturated carbocycles. The van der Waals surface area contributed by atoms with Gasteiger partial charge in [-0.3, -0.25) is 19.7 Å². The number of carbonyl (C=O) groups excluding carboxylic acids is 1. The van der Waals surface area contributed by atoms with Gasteiger partial charge in [0.1, 0.15) is 0 Å². The van der Waals surface area contributed by atoms with Crippen molar-refractivity contribution < 1.29 is 14.1 Å². The summed E-state index contributed by atoms with van der Waals surface area (Å²) in [5.41, 5.74) is -0.934. The Kier molecular flexibility index (Phi) is 5.32. The quantitative estimate of drug-likeness (QED) is 0.394. The van der Waals surface area contributed by atoms with Gasteiger partial charge in [-0.1, -0.05) is 48.0 Å². The van der Waals surface area contributed by atoms with Gasteiger partial charge in [-0.2, -0.15) is 0 Å². The van der Waals surface area contributed by atoms with Gasteiger partial charge in [-0.05, 0) is 18.4 Å². The zero-order valence-corrected chi connectivity index (χ0v) is 15.2. The summed E-state index contributed by atoms with van der Waals surface area (Å²) >= 11 is 3.15. The van der Waals surface area contributed by atoms with Crippen LogP contribution in [0.5, 0.6) is 0 Å². The molecule has 1 aliphatic rings. The molecule has 0 atom stereocenters. The second kappa shape index (κ2) is 7.47. The highest BCUT2D eigenvalue weighted by Crippen LogP contribution is 2.30. The van der Waals surface area contributed by atoms with E-state index in [1.54, 1.807) is 0 Å². The Balaban J connectivity index is 1.90. The lowest BCUT2D eigenvalue weighted by molar-refractivity contribution is -0.383. The van der Waals surface area contributed by atoms with E-state index in [0.29, 0.717) is 16.8 Å². The van der Waals surface area contributed by atoms with E-state index in [-0.39, 0.29) is 28.2 Å². The van der Waals surface area contributed by atoms with Crippen molar-refractivity contribution in [3.8, 4) is 0 Å². The van der Waals surface area contributed by atoms with Crippen molar-refractivity contribution in [2.45, 2.75) is 44.9 Å². The third-order valence-electron chi connectivity index (χ3n) is 4.75. The Morgan fingerprint density at radius 1 is 1.24 bits per heavy atom. The fourth-order valence-electron chi connectivity index (χ4n) is 3.41. The molecule has 1 heterocycles. The molecule has 0 unspecified atom stereocenters. The topological polar surface area (TPSA) is 90.4 Å². The van der Waals surface area contributed by atoms with Crippen molar-refractivity contribution >= 4 is 38.4 Å². The van der Waals surface area contributed by atoms with Crippen molar-refractivity contribution in [2.75, 3.05) is 0 Å². The van der Waals surface area contributed by atoms with Crippen LogP contribution >= 0.6 is 15.9 Å². The number of hydrogen-bond acceptors (Lipinski definition) is 5. The first-order chi connectivity index (χ1) is 12.0. The summed E-state index contributed by atoms with van der Waals surface area (Å²) in [6, 6.07) is 3.87. The average molecular weight is 408 g/mol. The Bertz CT molecular complexity index is 883. The molecule has 3 rings (SSSR count). The largest absolute Gasteiger partial charge is 0.445 e. The number of hydrogen-bond donors (Lipinski definition) is 0. The monoisotopic (exact) mass is 407 g/mol. The van der Waals surface area contributed by atoms with E-state index in [1.807, 2.05) is 0 Å². The van der Waals surface area contributed by atoms with E-state index in [2.05, 4.69) is 15.9 Å². The number of carbonyl (C=O) groups is 1. The van der Waals surface area contributed by atoms with Crippen LogP contribution in [0.3, 0.4) is 0 Å². The molecule has 1 aromatic heterocycles. The predicted molar refractivity (Wildman–Crippen MR) is 97.0 cm³/mol. The Hall–Kier alpha value is -2.02. The number of Topliss-reactive ketones (excluding diaryl/α,β-unsaturated/α-hetero) is 1. The number of nitro benzene ring substituents is 1. The van der Waals surface area contributed by atoms with Gasteiger partial charge in [0.25, 0.3) is 0 Å². The summed E-state index contributed by atoms with van der Waals surface area (Å²) in [7, 11) is 0. The fourth-order valence-corrected chi connectivity index (χ4v) is 3.86. The smallest absolute Gasteiger partial charge is 0.313 e. The number of benzene rings is 1. The highest BCUT2D eigenvalue weighted by molar-refractivity contribution is 9.10. The summed E-state index contributed by atoms with van der Waals surface area (Å²) in [4.78, 5) is 35.3. The molecule has 1 aliphatic carbocycles. The molecule has 0 aliphatic heterocycles. The molecule has 0 saturated heterocycles. The van der Waals surface area contributed by atoms with Crippen LogP contribution in [0.4, 0.5) is 5.69 Å². The third-order valence-corrected chi connectivity index (χ3v) is 5.21. The lowest BCUT2D eigenvalue weighted by atomic mass is 9.85. The van der Waals surface area contributed by atoms with Gasteiger partial charge in [-0.25, -0.2) is 0 Å². The van der Waals surface area contributed by atoms with Crippen LogP contribution < -0.4 is 5.43 Å². The van der Waals surface area contributed by atoms with E-state index in [9.17, 15) is 19.7 Å². The summed E-state index contributed by atoms with van der Waals surface area (Å²) in [5, 5.41) is 11.3. The maximum atomic E-state index is 12.4. The molecule has 0 radical (unpaired) electrons. The van der Waals surface area contributed by atoms with Gasteiger partial charge in [0, 0.05) is 23.0 Å². The minimum absolute atomic E-state index is 0.0879. The molecule has 6 nitrogen and oxygen atoms in total. The summed E-state index contributed by atoms with van der Waals surface area (Å²) in [5.74, 6) is 0.163. The summed E-state index contributed by atoms with van der Waals surface area (Å²) < 4.78 is 5.89. The maximum absolute atomic E-state index is 12.4. The Labute approximate surface area is 152 Å². The molecule has 132 valence electrons. The lowest BCUT2D eigenvalue weighted by Gasteiger charge is -2.20. The molecule has 1 aromatic carbocycles. The fraction of sp³-hybridized carbons (Fsp3) is 0.444. The van der Waals surface area contributed by atoms with Crippen LogP contribution in [0.1, 0.15) is 55.5 Å². The van der Waals surface area contributed by atoms with Gasteiger partial charge in [0.2, 0.25) is 5.58 Å². The van der Waals surface area contributed by atoms with Crippen LogP contribution in [0.2, 0.25) is 0 Å². The van der Waals surface area contributed by atoms with Gasteiger partial charge < -0.3 is 4.42 Å². The third kappa shape index (κ3) is 3.98. The van der Waals surface area contributed by atoms with Crippen LogP contribution in [-0.2, 0) is 0 Å². The highest BCUT2D eigenvalue weighted by Gasteiger charge is 2.22. The molecule has 7 heteroatoms.